The number of hydrogen-bond donors (Lipinski definition) is 2. The van der Waals surface area contributed by atoms with Gasteiger partial charge in [0.2, 0.25) is 5.91 Å². The Labute approximate surface area is 175 Å². The molecule has 2 N–H and O–H groups in total. The van der Waals surface area contributed by atoms with Crippen LogP contribution in [0.5, 0.6) is 5.75 Å². The summed E-state index contributed by atoms with van der Waals surface area (Å²) in [6.07, 6.45) is 3.01. The van der Waals surface area contributed by atoms with Crippen LogP contribution >= 0.6 is 23.1 Å². The second-order valence-corrected chi connectivity index (χ2v) is 8.79. The highest BCUT2D eigenvalue weighted by Crippen LogP contribution is 2.35. The van der Waals surface area contributed by atoms with Crippen molar-refractivity contribution in [1.29, 1.82) is 0 Å². The maximum absolute atomic E-state index is 13.2. The minimum atomic E-state index is -0.234. The van der Waals surface area contributed by atoms with Gasteiger partial charge in [0.25, 0.3) is 5.56 Å². The fraction of sp³-hybridized carbons (Fsp3) is 0.350. The zero-order valence-electron chi connectivity index (χ0n) is 15.9. The van der Waals surface area contributed by atoms with E-state index in [-0.39, 0.29) is 23.0 Å². The second-order valence-electron chi connectivity index (χ2n) is 6.77. The lowest BCUT2D eigenvalue weighted by molar-refractivity contribution is -0.113. The third-order valence-electron chi connectivity index (χ3n) is 4.77. The van der Waals surface area contributed by atoms with E-state index in [1.165, 1.54) is 28.8 Å². The number of ether oxygens (including phenoxy) is 1. The number of phenols is 1. The van der Waals surface area contributed by atoms with Crippen LogP contribution < -0.4 is 10.9 Å². The Morgan fingerprint density at radius 1 is 1.41 bits per heavy atom. The van der Waals surface area contributed by atoms with Crippen molar-refractivity contribution < 1.29 is 14.6 Å². The van der Waals surface area contributed by atoms with E-state index in [4.69, 9.17) is 9.72 Å². The van der Waals surface area contributed by atoms with Gasteiger partial charge < -0.3 is 15.2 Å². The summed E-state index contributed by atoms with van der Waals surface area (Å²) >= 11 is 2.82. The number of fused-ring (bicyclic) bond motifs is 3. The minimum Gasteiger partial charge on any atom is -0.508 e. The fourth-order valence-corrected chi connectivity index (χ4v) is 5.59. The molecule has 0 saturated heterocycles. The maximum Gasteiger partial charge on any atom is 0.263 e. The normalized spacial score (nSPS) is 13.0. The molecule has 1 aliphatic rings. The molecule has 0 aliphatic heterocycles. The van der Waals surface area contributed by atoms with Crippen LogP contribution in [0.3, 0.4) is 0 Å². The zero-order valence-corrected chi connectivity index (χ0v) is 17.6. The monoisotopic (exact) mass is 431 g/mol. The summed E-state index contributed by atoms with van der Waals surface area (Å²) in [4.78, 5) is 32.2. The van der Waals surface area contributed by atoms with Crippen molar-refractivity contribution in [3.05, 3.63) is 45.1 Å². The van der Waals surface area contributed by atoms with Gasteiger partial charge in [-0.2, -0.15) is 0 Å². The molecule has 2 heterocycles. The van der Waals surface area contributed by atoms with Crippen LogP contribution in [0, 0.1) is 0 Å². The number of aryl methyl sites for hydroxylation is 2. The molecule has 0 unspecified atom stereocenters. The molecule has 1 aliphatic carbocycles. The first-order chi connectivity index (χ1) is 14.1. The number of thiophene rings is 1. The summed E-state index contributed by atoms with van der Waals surface area (Å²) < 4.78 is 6.78. The molecule has 0 spiro atoms. The molecule has 7 nitrogen and oxygen atoms in total. The minimum absolute atomic E-state index is 0.0534. The quantitative estimate of drug-likeness (QED) is 0.441. The number of benzene rings is 1. The smallest absolute Gasteiger partial charge is 0.263 e. The lowest BCUT2D eigenvalue weighted by atomic mass is 10.2. The SMILES string of the molecule is COCCn1c(SCC(=O)Nc2cccc(O)c2)nc2sc3c(c2c1=O)CCC3. The summed E-state index contributed by atoms with van der Waals surface area (Å²) in [5.41, 5.74) is 1.61. The number of aromatic nitrogens is 2. The highest BCUT2D eigenvalue weighted by molar-refractivity contribution is 7.99. The number of carbonyl (C=O) groups is 1. The largest absolute Gasteiger partial charge is 0.508 e. The van der Waals surface area contributed by atoms with Gasteiger partial charge in [0.05, 0.1) is 24.3 Å². The average molecular weight is 432 g/mol. The standard InChI is InChI=1S/C20H21N3O4S2/c1-27-9-8-23-19(26)17-14-6-3-7-15(14)29-18(17)22-20(23)28-11-16(25)21-12-4-2-5-13(24)10-12/h2,4-5,10,24H,3,6-9,11H2,1H3,(H,21,25). The number of amides is 1. The van der Waals surface area contributed by atoms with Gasteiger partial charge in [0.1, 0.15) is 10.6 Å². The van der Waals surface area contributed by atoms with Gasteiger partial charge in [0.15, 0.2) is 5.16 Å². The Bertz CT molecular complexity index is 1120. The number of anilines is 1. The van der Waals surface area contributed by atoms with Crippen molar-refractivity contribution in [1.82, 2.24) is 9.55 Å². The Morgan fingerprint density at radius 2 is 2.28 bits per heavy atom. The number of hydrogen-bond acceptors (Lipinski definition) is 7. The van der Waals surface area contributed by atoms with Gasteiger partial charge in [-0.3, -0.25) is 14.2 Å². The van der Waals surface area contributed by atoms with Crippen LogP contribution in [-0.4, -0.2) is 40.0 Å². The van der Waals surface area contributed by atoms with Crippen molar-refractivity contribution in [3.63, 3.8) is 0 Å². The van der Waals surface area contributed by atoms with Gasteiger partial charge in [0, 0.05) is 23.7 Å². The molecule has 1 aromatic carbocycles. The van der Waals surface area contributed by atoms with Crippen LogP contribution in [0.2, 0.25) is 0 Å². The number of rotatable bonds is 7. The van der Waals surface area contributed by atoms with E-state index in [9.17, 15) is 14.7 Å². The highest BCUT2D eigenvalue weighted by Gasteiger charge is 2.23. The molecule has 0 atom stereocenters. The summed E-state index contributed by atoms with van der Waals surface area (Å²) in [7, 11) is 1.59. The van der Waals surface area contributed by atoms with Crippen molar-refractivity contribution >= 4 is 44.9 Å². The van der Waals surface area contributed by atoms with Crippen molar-refractivity contribution in [2.45, 2.75) is 31.0 Å². The van der Waals surface area contributed by atoms with Crippen LogP contribution in [0.25, 0.3) is 10.2 Å². The van der Waals surface area contributed by atoms with Gasteiger partial charge in [-0.1, -0.05) is 17.8 Å². The Balaban J connectivity index is 1.58. The molecule has 1 amide bonds. The van der Waals surface area contributed by atoms with E-state index in [0.29, 0.717) is 24.0 Å². The molecule has 0 saturated carbocycles. The predicted molar refractivity (Wildman–Crippen MR) is 115 cm³/mol. The molecule has 29 heavy (non-hydrogen) atoms. The van der Waals surface area contributed by atoms with Crippen LogP contribution in [0.4, 0.5) is 5.69 Å². The first-order valence-electron chi connectivity index (χ1n) is 9.32. The summed E-state index contributed by atoms with van der Waals surface area (Å²) in [5.74, 6) is -0.0466. The molecule has 3 aromatic rings. The van der Waals surface area contributed by atoms with E-state index >= 15 is 0 Å². The average Bonchev–Trinajstić information content (AvgIpc) is 3.26. The number of nitrogens with one attached hydrogen (secondary N) is 1. The van der Waals surface area contributed by atoms with E-state index < -0.39 is 0 Å². The molecule has 0 fully saturated rings. The van der Waals surface area contributed by atoms with Gasteiger partial charge in [-0.05, 0) is 37.0 Å². The van der Waals surface area contributed by atoms with E-state index in [1.54, 1.807) is 35.1 Å². The van der Waals surface area contributed by atoms with Gasteiger partial charge in [-0.25, -0.2) is 4.98 Å². The topological polar surface area (TPSA) is 93.4 Å². The number of aromatic hydroxyl groups is 1. The fourth-order valence-electron chi connectivity index (χ4n) is 3.46. The Hall–Kier alpha value is -2.36. The van der Waals surface area contributed by atoms with Crippen LogP contribution in [-0.2, 0) is 28.9 Å². The number of nitrogens with zero attached hydrogens (tertiary/aromatic N) is 2. The molecule has 0 radical (unpaired) electrons. The summed E-state index contributed by atoms with van der Waals surface area (Å²) in [5, 5.41) is 13.5. The number of carbonyl (C=O) groups excluding carboxylic acids is 1. The van der Waals surface area contributed by atoms with Crippen molar-refractivity contribution in [3.8, 4) is 5.75 Å². The Kier molecular flexibility index (Phi) is 5.89. The number of phenolic OH excluding ortho intramolecular Hbond substituents is 1. The highest BCUT2D eigenvalue weighted by atomic mass is 32.2. The molecule has 9 heteroatoms. The van der Waals surface area contributed by atoms with Crippen LogP contribution in [0.1, 0.15) is 16.9 Å². The molecule has 0 bridgehead atoms. The molecule has 4 rings (SSSR count). The second kappa shape index (κ2) is 8.56. The van der Waals surface area contributed by atoms with Crippen molar-refractivity contribution in [2.24, 2.45) is 0 Å². The molecule has 2 aromatic heterocycles. The van der Waals surface area contributed by atoms with Crippen molar-refractivity contribution in [2.75, 3.05) is 24.8 Å². The molecular formula is C20H21N3O4S2. The lowest BCUT2D eigenvalue weighted by Crippen LogP contribution is -2.26. The van der Waals surface area contributed by atoms with Gasteiger partial charge in [-0.15, -0.1) is 11.3 Å². The Morgan fingerprint density at radius 3 is 3.07 bits per heavy atom. The van der Waals surface area contributed by atoms with Crippen LogP contribution in [0.15, 0.2) is 34.2 Å². The lowest BCUT2D eigenvalue weighted by Gasteiger charge is -2.12. The third kappa shape index (κ3) is 4.17. The first-order valence-corrected chi connectivity index (χ1v) is 11.1. The molecular weight excluding hydrogens is 410 g/mol. The molecule has 152 valence electrons. The maximum atomic E-state index is 13.2. The third-order valence-corrected chi connectivity index (χ3v) is 6.93. The zero-order chi connectivity index (χ0) is 20.4. The van der Waals surface area contributed by atoms with E-state index in [0.717, 1.165) is 35.0 Å². The summed E-state index contributed by atoms with van der Waals surface area (Å²) in [6, 6.07) is 6.38. The predicted octanol–water partition coefficient (Wildman–Crippen LogP) is 3.03. The van der Waals surface area contributed by atoms with Gasteiger partial charge >= 0.3 is 0 Å². The van der Waals surface area contributed by atoms with E-state index in [1.807, 2.05) is 0 Å². The summed E-state index contributed by atoms with van der Waals surface area (Å²) in [6.45, 7) is 0.780. The first kappa shape index (κ1) is 19.9. The number of methoxy groups -OCH3 is 1. The number of thioether (sulfide) groups is 1. The van der Waals surface area contributed by atoms with E-state index in [2.05, 4.69) is 5.32 Å².